The maximum Gasteiger partial charge on any atom is 0.335 e. The van der Waals surface area contributed by atoms with Gasteiger partial charge in [0.25, 0.3) is 0 Å². The van der Waals surface area contributed by atoms with E-state index in [9.17, 15) is 14.7 Å². The van der Waals surface area contributed by atoms with E-state index in [1.54, 1.807) is 12.1 Å². The van der Waals surface area contributed by atoms with Gasteiger partial charge in [-0.3, -0.25) is 9.80 Å². The normalized spacial score (nSPS) is 17.1. The minimum atomic E-state index is -0.932. The Labute approximate surface area is 168 Å². The van der Waals surface area contributed by atoms with Crippen molar-refractivity contribution < 1.29 is 19.8 Å². The van der Waals surface area contributed by atoms with Crippen LogP contribution >= 0.6 is 0 Å². The lowest BCUT2D eigenvalue weighted by Crippen LogP contribution is -2.41. The molecule has 0 radical (unpaired) electrons. The van der Waals surface area contributed by atoms with Crippen molar-refractivity contribution in [3.05, 3.63) is 35.4 Å². The summed E-state index contributed by atoms with van der Waals surface area (Å²) in [6.45, 7) is 6.17. The molecule has 0 bridgehead atoms. The van der Waals surface area contributed by atoms with Crippen LogP contribution in [0, 0.1) is 0 Å². The third-order valence-corrected chi connectivity index (χ3v) is 5.48. The van der Waals surface area contributed by atoms with E-state index in [4.69, 9.17) is 5.11 Å². The first-order chi connectivity index (χ1) is 13.3. The van der Waals surface area contributed by atoms with Crippen molar-refractivity contribution in [2.75, 3.05) is 19.6 Å². The minimum Gasteiger partial charge on any atom is -0.478 e. The van der Waals surface area contributed by atoms with E-state index >= 15 is 0 Å². The van der Waals surface area contributed by atoms with Crippen LogP contribution < -0.4 is 0 Å². The predicted octanol–water partition coefficient (Wildman–Crippen LogP) is 3.49. The first-order valence-electron chi connectivity index (χ1n) is 10.4. The number of carbonyl (C=O) groups excluding carboxylic acids is 1. The van der Waals surface area contributed by atoms with Crippen LogP contribution in [0.15, 0.2) is 24.3 Å². The lowest BCUT2D eigenvalue weighted by Gasteiger charge is -2.30. The Morgan fingerprint density at radius 2 is 1.79 bits per heavy atom. The molecular formula is C22H34N2O4. The molecule has 1 amide bonds. The standard InChI is InChI=1S/C22H34N2O4/c1-3-4-5-13-22(2,28)14-6-15-23-16-12-20(25)24(23)17-11-18-7-9-19(10-8-18)21(26)27/h7-10,28H,3-6,11-17H2,1-2H3,(H,26,27). The van der Waals surface area contributed by atoms with Gasteiger partial charge in [-0.2, -0.15) is 0 Å². The van der Waals surface area contributed by atoms with Crippen LogP contribution in [0.3, 0.4) is 0 Å². The zero-order valence-corrected chi connectivity index (χ0v) is 17.2. The second-order valence-corrected chi connectivity index (χ2v) is 8.03. The van der Waals surface area contributed by atoms with Gasteiger partial charge in [0, 0.05) is 26.1 Å². The molecule has 1 aliphatic heterocycles. The lowest BCUT2D eigenvalue weighted by atomic mass is 9.93. The number of unbranched alkanes of at least 4 members (excludes halogenated alkanes) is 2. The zero-order valence-electron chi connectivity index (χ0n) is 17.2. The third-order valence-electron chi connectivity index (χ3n) is 5.48. The van der Waals surface area contributed by atoms with E-state index in [0.717, 1.165) is 57.2 Å². The van der Waals surface area contributed by atoms with Crippen LogP contribution in [-0.4, -0.2) is 57.3 Å². The summed E-state index contributed by atoms with van der Waals surface area (Å²) in [5, 5.41) is 23.4. The molecule has 1 atom stereocenters. The zero-order chi connectivity index (χ0) is 20.6. The maximum atomic E-state index is 12.2. The molecule has 0 aliphatic carbocycles. The molecule has 1 aromatic rings. The molecule has 0 spiro atoms. The number of nitrogens with zero attached hydrogens (tertiary/aromatic N) is 2. The average molecular weight is 391 g/mol. The molecule has 2 N–H and O–H groups in total. The average Bonchev–Trinajstić information content (AvgIpc) is 3.00. The summed E-state index contributed by atoms with van der Waals surface area (Å²) < 4.78 is 0. The second-order valence-electron chi connectivity index (χ2n) is 8.03. The molecule has 156 valence electrons. The Hall–Kier alpha value is -1.92. The lowest BCUT2D eigenvalue weighted by molar-refractivity contribution is -0.138. The highest BCUT2D eigenvalue weighted by molar-refractivity contribution is 5.87. The predicted molar refractivity (Wildman–Crippen MR) is 109 cm³/mol. The molecule has 1 unspecified atom stereocenters. The number of aliphatic hydroxyl groups is 1. The molecule has 1 fully saturated rings. The van der Waals surface area contributed by atoms with Crippen molar-refractivity contribution >= 4 is 11.9 Å². The van der Waals surface area contributed by atoms with Gasteiger partial charge >= 0.3 is 5.97 Å². The molecule has 0 saturated carbocycles. The van der Waals surface area contributed by atoms with Crippen LogP contribution in [0.2, 0.25) is 0 Å². The Morgan fingerprint density at radius 3 is 2.43 bits per heavy atom. The van der Waals surface area contributed by atoms with Crippen LogP contribution in [0.1, 0.15) is 74.7 Å². The smallest absolute Gasteiger partial charge is 0.335 e. The second kappa shape index (κ2) is 10.6. The molecule has 28 heavy (non-hydrogen) atoms. The first kappa shape index (κ1) is 22.4. The number of carboxylic acids is 1. The summed E-state index contributed by atoms with van der Waals surface area (Å²) in [5.74, 6) is -0.796. The number of aromatic carboxylic acids is 1. The van der Waals surface area contributed by atoms with Crippen LogP contribution in [-0.2, 0) is 11.2 Å². The first-order valence-corrected chi connectivity index (χ1v) is 10.4. The summed E-state index contributed by atoms with van der Waals surface area (Å²) in [5.41, 5.74) is 0.660. The topological polar surface area (TPSA) is 81.1 Å². The molecule has 6 heteroatoms. The van der Waals surface area contributed by atoms with Gasteiger partial charge in [0.1, 0.15) is 0 Å². The van der Waals surface area contributed by atoms with Gasteiger partial charge in [-0.1, -0.05) is 38.3 Å². The molecule has 2 rings (SSSR count). The van der Waals surface area contributed by atoms with Gasteiger partial charge in [0.15, 0.2) is 0 Å². The largest absolute Gasteiger partial charge is 0.478 e. The van der Waals surface area contributed by atoms with E-state index in [-0.39, 0.29) is 11.5 Å². The number of hydrogen-bond donors (Lipinski definition) is 2. The van der Waals surface area contributed by atoms with Gasteiger partial charge in [-0.15, -0.1) is 0 Å². The number of hydrogen-bond acceptors (Lipinski definition) is 4. The van der Waals surface area contributed by atoms with E-state index < -0.39 is 11.6 Å². The van der Waals surface area contributed by atoms with E-state index in [0.29, 0.717) is 19.4 Å². The molecule has 6 nitrogen and oxygen atoms in total. The Balaban J connectivity index is 1.79. The molecule has 1 saturated heterocycles. The highest BCUT2D eigenvalue weighted by atomic mass is 16.4. The summed E-state index contributed by atoms with van der Waals surface area (Å²) in [6, 6.07) is 6.81. The van der Waals surface area contributed by atoms with Gasteiger partial charge in [-0.05, 0) is 50.3 Å². The van der Waals surface area contributed by atoms with Gasteiger partial charge < -0.3 is 10.2 Å². The van der Waals surface area contributed by atoms with E-state index in [1.165, 1.54) is 0 Å². The number of carboxylic acid groups (broad SMARTS) is 1. The summed E-state index contributed by atoms with van der Waals surface area (Å²) in [7, 11) is 0. The fourth-order valence-corrected chi connectivity index (χ4v) is 3.70. The summed E-state index contributed by atoms with van der Waals surface area (Å²) >= 11 is 0. The Morgan fingerprint density at radius 1 is 1.11 bits per heavy atom. The van der Waals surface area contributed by atoms with Crippen molar-refractivity contribution in [3.63, 3.8) is 0 Å². The fraction of sp³-hybridized carbons (Fsp3) is 0.636. The van der Waals surface area contributed by atoms with E-state index in [2.05, 4.69) is 11.9 Å². The van der Waals surface area contributed by atoms with Crippen molar-refractivity contribution in [1.29, 1.82) is 0 Å². The van der Waals surface area contributed by atoms with Gasteiger partial charge in [0.2, 0.25) is 5.91 Å². The Bertz CT molecular complexity index is 642. The minimum absolute atomic E-state index is 0.136. The quantitative estimate of drug-likeness (QED) is 0.534. The molecular weight excluding hydrogens is 356 g/mol. The molecule has 1 aromatic carbocycles. The molecule has 1 heterocycles. The highest BCUT2D eigenvalue weighted by Gasteiger charge is 2.29. The van der Waals surface area contributed by atoms with Crippen LogP contribution in [0.4, 0.5) is 0 Å². The Kier molecular flexibility index (Phi) is 8.45. The van der Waals surface area contributed by atoms with Gasteiger partial charge in [0.05, 0.1) is 11.2 Å². The van der Waals surface area contributed by atoms with E-state index in [1.807, 2.05) is 24.1 Å². The van der Waals surface area contributed by atoms with Crippen molar-refractivity contribution in [2.45, 2.75) is 70.8 Å². The maximum absolute atomic E-state index is 12.2. The van der Waals surface area contributed by atoms with Crippen molar-refractivity contribution in [1.82, 2.24) is 10.0 Å². The molecule has 1 aliphatic rings. The van der Waals surface area contributed by atoms with Gasteiger partial charge in [-0.25, -0.2) is 9.80 Å². The number of amides is 1. The summed E-state index contributed by atoms with van der Waals surface area (Å²) in [4.78, 5) is 23.2. The number of rotatable bonds is 12. The SMILES string of the molecule is CCCCCC(C)(O)CCCN1CCC(=O)N1CCc1ccc(C(=O)O)cc1. The highest BCUT2D eigenvalue weighted by Crippen LogP contribution is 2.22. The number of hydrazine groups is 1. The number of carbonyl (C=O) groups is 2. The van der Waals surface area contributed by atoms with Crippen LogP contribution in [0.25, 0.3) is 0 Å². The van der Waals surface area contributed by atoms with Crippen LogP contribution in [0.5, 0.6) is 0 Å². The van der Waals surface area contributed by atoms with Crippen molar-refractivity contribution in [3.8, 4) is 0 Å². The summed E-state index contributed by atoms with van der Waals surface area (Å²) in [6.07, 6.45) is 7.01. The molecule has 0 aromatic heterocycles. The monoisotopic (exact) mass is 390 g/mol. The fourth-order valence-electron chi connectivity index (χ4n) is 3.70. The van der Waals surface area contributed by atoms with Crippen molar-refractivity contribution in [2.24, 2.45) is 0 Å². The number of benzene rings is 1. The third kappa shape index (κ3) is 6.91.